The second kappa shape index (κ2) is 6.22. The minimum atomic E-state index is 0.216. The van der Waals surface area contributed by atoms with Crippen LogP contribution < -0.4 is 5.73 Å². The van der Waals surface area contributed by atoms with Gasteiger partial charge >= 0.3 is 0 Å². The van der Waals surface area contributed by atoms with Gasteiger partial charge in [-0.25, -0.2) is 0 Å². The van der Waals surface area contributed by atoms with E-state index in [1.54, 1.807) is 0 Å². The van der Waals surface area contributed by atoms with Crippen LogP contribution in [-0.2, 0) is 6.54 Å². The van der Waals surface area contributed by atoms with E-state index in [2.05, 4.69) is 34.9 Å². The molecule has 17 heavy (non-hydrogen) atoms. The van der Waals surface area contributed by atoms with E-state index in [0.717, 1.165) is 19.4 Å². The molecule has 96 valence electrons. The summed E-state index contributed by atoms with van der Waals surface area (Å²) in [5.74, 6) is 0. The molecule has 0 aromatic carbocycles. The van der Waals surface area contributed by atoms with Gasteiger partial charge in [-0.1, -0.05) is 13.3 Å². The highest BCUT2D eigenvalue weighted by atomic mass is 15.2. The predicted molar refractivity (Wildman–Crippen MR) is 71.9 cm³/mol. The smallest absolute Gasteiger partial charge is 0.0347 e. The quantitative estimate of drug-likeness (QED) is 0.821. The molecule has 1 unspecified atom stereocenters. The van der Waals surface area contributed by atoms with Gasteiger partial charge in [0.05, 0.1) is 0 Å². The maximum absolute atomic E-state index is 6.11. The SMILES string of the molecule is CCCC(N)c1ccn(CCN2CCCC2)c1. The number of aromatic nitrogens is 1. The van der Waals surface area contributed by atoms with Crippen LogP contribution in [0.3, 0.4) is 0 Å². The second-order valence-corrected chi connectivity index (χ2v) is 5.13. The van der Waals surface area contributed by atoms with Crippen LogP contribution in [0.4, 0.5) is 0 Å². The molecule has 0 aliphatic carbocycles. The first-order valence-electron chi connectivity index (χ1n) is 6.93. The molecule has 1 atom stereocenters. The maximum atomic E-state index is 6.11. The monoisotopic (exact) mass is 235 g/mol. The van der Waals surface area contributed by atoms with Crippen molar-refractivity contribution in [2.45, 2.75) is 45.2 Å². The average Bonchev–Trinajstić information content (AvgIpc) is 2.98. The van der Waals surface area contributed by atoms with Crippen LogP contribution >= 0.6 is 0 Å². The van der Waals surface area contributed by atoms with Gasteiger partial charge in [0.25, 0.3) is 0 Å². The molecular weight excluding hydrogens is 210 g/mol. The lowest BCUT2D eigenvalue weighted by Crippen LogP contribution is -2.23. The Labute approximate surface area is 105 Å². The third kappa shape index (κ3) is 3.58. The molecule has 0 radical (unpaired) electrons. The van der Waals surface area contributed by atoms with Gasteiger partial charge in [-0.15, -0.1) is 0 Å². The second-order valence-electron chi connectivity index (χ2n) is 5.13. The fourth-order valence-corrected chi connectivity index (χ4v) is 2.56. The van der Waals surface area contributed by atoms with Crippen LogP contribution in [0.1, 0.15) is 44.2 Å². The van der Waals surface area contributed by atoms with E-state index in [0.29, 0.717) is 0 Å². The number of likely N-dealkylation sites (tertiary alicyclic amines) is 1. The molecule has 1 saturated heterocycles. The van der Waals surface area contributed by atoms with Crippen molar-refractivity contribution in [3.63, 3.8) is 0 Å². The van der Waals surface area contributed by atoms with Crippen molar-refractivity contribution in [2.75, 3.05) is 19.6 Å². The summed E-state index contributed by atoms with van der Waals surface area (Å²) in [4.78, 5) is 2.55. The zero-order chi connectivity index (χ0) is 12.1. The van der Waals surface area contributed by atoms with Gasteiger partial charge in [-0.2, -0.15) is 0 Å². The Balaban J connectivity index is 1.80. The van der Waals surface area contributed by atoms with E-state index in [1.165, 1.54) is 38.0 Å². The van der Waals surface area contributed by atoms with Crippen molar-refractivity contribution in [1.29, 1.82) is 0 Å². The summed E-state index contributed by atoms with van der Waals surface area (Å²) in [5.41, 5.74) is 7.40. The van der Waals surface area contributed by atoms with Gasteiger partial charge in [0, 0.05) is 31.5 Å². The Kier molecular flexibility index (Phi) is 4.63. The Morgan fingerprint density at radius 1 is 1.29 bits per heavy atom. The van der Waals surface area contributed by atoms with E-state index in [4.69, 9.17) is 5.73 Å². The number of hydrogen-bond donors (Lipinski definition) is 1. The van der Waals surface area contributed by atoms with Crippen molar-refractivity contribution in [2.24, 2.45) is 5.73 Å². The molecule has 0 spiro atoms. The Bertz CT molecular complexity index is 326. The van der Waals surface area contributed by atoms with E-state index < -0.39 is 0 Å². The summed E-state index contributed by atoms with van der Waals surface area (Å²) < 4.78 is 2.28. The lowest BCUT2D eigenvalue weighted by molar-refractivity contribution is 0.322. The van der Waals surface area contributed by atoms with Crippen molar-refractivity contribution < 1.29 is 0 Å². The molecule has 0 amide bonds. The number of hydrogen-bond acceptors (Lipinski definition) is 2. The Morgan fingerprint density at radius 3 is 2.76 bits per heavy atom. The van der Waals surface area contributed by atoms with Crippen LogP contribution in [0.5, 0.6) is 0 Å². The molecule has 1 aromatic heterocycles. The molecule has 0 bridgehead atoms. The standard InChI is InChI=1S/C14H25N3/c1-2-5-14(15)13-6-9-17(12-13)11-10-16-7-3-4-8-16/h6,9,12,14H,2-5,7-8,10-11,15H2,1H3. The summed E-state index contributed by atoms with van der Waals surface area (Å²) in [7, 11) is 0. The normalized spacial score (nSPS) is 18.7. The average molecular weight is 235 g/mol. The van der Waals surface area contributed by atoms with Crippen LogP contribution in [0.25, 0.3) is 0 Å². The first-order chi connectivity index (χ1) is 8.29. The number of nitrogens with two attached hydrogens (primary N) is 1. The fraction of sp³-hybridized carbons (Fsp3) is 0.714. The summed E-state index contributed by atoms with van der Waals surface area (Å²) >= 11 is 0. The maximum Gasteiger partial charge on any atom is 0.0347 e. The van der Waals surface area contributed by atoms with Gasteiger partial charge in [0.1, 0.15) is 0 Å². The highest BCUT2D eigenvalue weighted by Gasteiger charge is 2.11. The lowest BCUT2D eigenvalue weighted by Gasteiger charge is -2.14. The molecule has 1 fully saturated rings. The minimum Gasteiger partial charge on any atom is -0.353 e. The summed E-state index contributed by atoms with van der Waals surface area (Å²) in [6, 6.07) is 2.39. The molecule has 3 nitrogen and oxygen atoms in total. The van der Waals surface area contributed by atoms with Crippen LogP contribution in [0.15, 0.2) is 18.5 Å². The Morgan fingerprint density at radius 2 is 2.06 bits per heavy atom. The number of rotatable bonds is 6. The van der Waals surface area contributed by atoms with Crippen molar-refractivity contribution >= 4 is 0 Å². The minimum absolute atomic E-state index is 0.216. The van der Waals surface area contributed by atoms with E-state index in [9.17, 15) is 0 Å². The molecule has 2 heterocycles. The topological polar surface area (TPSA) is 34.2 Å². The zero-order valence-electron chi connectivity index (χ0n) is 10.9. The summed E-state index contributed by atoms with van der Waals surface area (Å²) in [6.07, 6.45) is 9.37. The zero-order valence-corrected chi connectivity index (χ0v) is 10.9. The van der Waals surface area contributed by atoms with Crippen LogP contribution in [0.2, 0.25) is 0 Å². The third-order valence-electron chi connectivity index (χ3n) is 3.67. The van der Waals surface area contributed by atoms with Crippen molar-refractivity contribution in [3.8, 4) is 0 Å². The first kappa shape index (κ1) is 12.7. The van der Waals surface area contributed by atoms with E-state index in [-0.39, 0.29) is 6.04 Å². The lowest BCUT2D eigenvalue weighted by atomic mass is 10.1. The van der Waals surface area contributed by atoms with Gasteiger partial charge < -0.3 is 15.2 Å². The summed E-state index contributed by atoms with van der Waals surface area (Å²) in [6.45, 7) is 7.02. The fourth-order valence-electron chi connectivity index (χ4n) is 2.56. The van der Waals surface area contributed by atoms with Crippen LogP contribution in [0, 0.1) is 0 Å². The predicted octanol–water partition coefficient (Wildman–Crippen LogP) is 2.38. The Hall–Kier alpha value is -0.800. The molecule has 1 aliphatic heterocycles. The van der Waals surface area contributed by atoms with Gasteiger partial charge in [0.2, 0.25) is 0 Å². The van der Waals surface area contributed by atoms with Crippen molar-refractivity contribution in [3.05, 3.63) is 24.0 Å². The molecule has 2 N–H and O–H groups in total. The van der Waals surface area contributed by atoms with Crippen LogP contribution in [-0.4, -0.2) is 29.1 Å². The molecule has 2 rings (SSSR count). The van der Waals surface area contributed by atoms with E-state index in [1.807, 2.05) is 0 Å². The highest BCUT2D eigenvalue weighted by molar-refractivity contribution is 5.14. The van der Waals surface area contributed by atoms with Gasteiger partial charge in [-0.3, -0.25) is 0 Å². The molecule has 3 heteroatoms. The van der Waals surface area contributed by atoms with Gasteiger partial charge in [-0.05, 0) is 44.0 Å². The first-order valence-corrected chi connectivity index (χ1v) is 6.93. The van der Waals surface area contributed by atoms with E-state index >= 15 is 0 Å². The van der Waals surface area contributed by atoms with Gasteiger partial charge in [0.15, 0.2) is 0 Å². The highest BCUT2D eigenvalue weighted by Crippen LogP contribution is 2.16. The molecule has 1 aromatic rings. The largest absolute Gasteiger partial charge is 0.353 e. The number of nitrogens with zero attached hydrogens (tertiary/aromatic N) is 2. The molecule has 1 aliphatic rings. The molecular formula is C14H25N3. The summed E-state index contributed by atoms with van der Waals surface area (Å²) in [5, 5.41) is 0. The third-order valence-corrected chi connectivity index (χ3v) is 3.67. The van der Waals surface area contributed by atoms with Crippen molar-refractivity contribution in [1.82, 2.24) is 9.47 Å². The molecule has 0 saturated carbocycles.